The number of hydrogen-bond acceptors (Lipinski definition) is 3. The molecule has 0 aliphatic heterocycles. The van der Waals surface area contributed by atoms with Gasteiger partial charge in [-0.15, -0.1) is 0 Å². The number of benzene rings is 2. The Morgan fingerprint density at radius 2 is 1.86 bits per heavy atom. The number of nitrogens with zero attached hydrogens (tertiary/aromatic N) is 2. The van der Waals surface area contributed by atoms with E-state index >= 15 is 0 Å². The Morgan fingerprint density at radius 1 is 1.14 bits per heavy atom. The number of rotatable bonds is 2. The van der Waals surface area contributed by atoms with Gasteiger partial charge in [-0.3, -0.25) is 4.79 Å². The van der Waals surface area contributed by atoms with Gasteiger partial charge in [-0.05, 0) is 36.4 Å². The number of amides is 1. The molecule has 0 spiro atoms. The fourth-order valence-electron chi connectivity index (χ4n) is 2.04. The number of carbonyl (C=O) groups excluding carboxylic acids is 1. The van der Waals surface area contributed by atoms with Crippen LogP contribution in [0.25, 0.3) is 22.6 Å². The summed E-state index contributed by atoms with van der Waals surface area (Å²) in [5.74, 6) is 0.474. The van der Waals surface area contributed by atoms with Crippen LogP contribution in [0.5, 0.6) is 0 Å². The summed E-state index contributed by atoms with van der Waals surface area (Å²) in [6.07, 6.45) is 0. The standard InChI is InChI=1S/C16H13ClN2O2/c1-19(2)16(20)11-5-3-10(4-6-11)15-18-13-8-7-12(17)9-14(13)21-15/h3-9H,1-2H3. The molecule has 0 N–H and O–H groups in total. The van der Waals surface area contributed by atoms with Crippen molar-refractivity contribution in [2.75, 3.05) is 14.1 Å². The third-order valence-corrected chi connectivity index (χ3v) is 3.37. The lowest BCUT2D eigenvalue weighted by Gasteiger charge is -2.09. The fraction of sp³-hybridized carbons (Fsp3) is 0.125. The molecule has 1 heterocycles. The van der Waals surface area contributed by atoms with Gasteiger partial charge in [0.05, 0.1) is 0 Å². The van der Waals surface area contributed by atoms with Gasteiger partial charge in [0, 0.05) is 36.3 Å². The molecule has 1 amide bonds. The molecule has 0 unspecified atom stereocenters. The average molecular weight is 301 g/mol. The van der Waals surface area contributed by atoms with Gasteiger partial charge >= 0.3 is 0 Å². The summed E-state index contributed by atoms with van der Waals surface area (Å²) in [4.78, 5) is 17.8. The molecule has 4 nitrogen and oxygen atoms in total. The van der Waals surface area contributed by atoms with E-state index in [1.165, 1.54) is 4.90 Å². The van der Waals surface area contributed by atoms with Crippen LogP contribution in [0, 0.1) is 0 Å². The summed E-state index contributed by atoms with van der Waals surface area (Å²) in [7, 11) is 3.45. The van der Waals surface area contributed by atoms with E-state index in [4.69, 9.17) is 16.0 Å². The van der Waals surface area contributed by atoms with Crippen molar-refractivity contribution >= 4 is 28.6 Å². The lowest BCUT2D eigenvalue weighted by Crippen LogP contribution is -2.21. The first kappa shape index (κ1) is 13.6. The van der Waals surface area contributed by atoms with E-state index in [0.717, 1.165) is 11.1 Å². The third kappa shape index (κ3) is 2.62. The Morgan fingerprint density at radius 3 is 2.52 bits per heavy atom. The molecule has 3 aromatic rings. The second kappa shape index (κ2) is 5.22. The third-order valence-electron chi connectivity index (χ3n) is 3.14. The highest BCUT2D eigenvalue weighted by Gasteiger charge is 2.11. The van der Waals surface area contributed by atoms with Crippen molar-refractivity contribution in [1.82, 2.24) is 9.88 Å². The predicted molar refractivity (Wildman–Crippen MR) is 82.5 cm³/mol. The van der Waals surface area contributed by atoms with Crippen molar-refractivity contribution in [2.45, 2.75) is 0 Å². The zero-order valence-corrected chi connectivity index (χ0v) is 12.4. The number of aromatic nitrogens is 1. The summed E-state index contributed by atoms with van der Waals surface area (Å²) < 4.78 is 5.69. The van der Waals surface area contributed by atoms with Gasteiger partial charge in [-0.25, -0.2) is 4.98 Å². The molecule has 0 bridgehead atoms. The zero-order valence-electron chi connectivity index (χ0n) is 11.6. The Kier molecular flexibility index (Phi) is 3.39. The van der Waals surface area contributed by atoms with Crippen LogP contribution in [0.1, 0.15) is 10.4 Å². The topological polar surface area (TPSA) is 46.3 Å². The SMILES string of the molecule is CN(C)C(=O)c1ccc(-c2nc3ccc(Cl)cc3o2)cc1. The minimum atomic E-state index is -0.0362. The lowest BCUT2D eigenvalue weighted by atomic mass is 10.1. The fourth-order valence-corrected chi connectivity index (χ4v) is 2.20. The number of fused-ring (bicyclic) bond motifs is 1. The average Bonchev–Trinajstić information content (AvgIpc) is 2.89. The van der Waals surface area contributed by atoms with Crippen LogP contribution in [-0.2, 0) is 0 Å². The molecule has 21 heavy (non-hydrogen) atoms. The van der Waals surface area contributed by atoms with Crippen molar-refractivity contribution < 1.29 is 9.21 Å². The first-order valence-corrected chi connectivity index (χ1v) is 6.80. The molecular weight excluding hydrogens is 288 g/mol. The summed E-state index contributed by atoms with van der Waals surface area (Å²) in [6, 6.07) is 12.5. The molecule has 5 heteroatoms. The highest BCUT2D eigenvalue weighted by molar-refractivity contribution is 6.31. The van der Waals surface area contributed by atoms with Gasteiger partial charge in [0.15, 0.2) is 5.58 Å². The maximum absolute atomic E-state index is 11.8. The van der Waals surface area contributed by atoms with Gasteiger partial charge in [-0.1, -0.05) is 11.6 Å². The number of oxazole rings is 1. The van der Waals surface area contributed by atoms with Crippen molar-refractivity contribution in [2.24, 2.45) is 0 Å². The van der Waals surface area contributed by atoms with Crippen LogP contribution in [0.3, 0.4) is 0 Å². The van der Waals surface area contributed by atoms with Crippen LogP contribution in [0.4, 0.5) is 0 Å². The van der Waals surface area contributed by atoms with Crippen LogP contribution < -0.4 is 0 Å². The summed E-state index contributed by atoms with van der Waals surface area (Å²) >= 11 is 5.93. The first-order valence-electron chi connectivity index (χ1n) is 6.43. The van der Waals surface area contributed by atoms with Gasteiger partial charge in [0.1, 0.15) is 5.52 Å². The monoisotopic (exact) mass is 300 g/mol. The molecule has 0 saturated carbocycles. The molecule has 1 aromatic heterocycles. The molecule has 106 valence electrons. The van der Waals surface area contributed by atoms with Crippen LogP contribution in [-0.4, -0.2) is 29.9 Å². The van der Waals surface area contributed by atoms with E-state index in [9.17, 15) is 4.79 Å². The van der Waals surface area contributed by atoms with Gasteiger partial charge < -0.3 is 9.32 Å². The van der Waals surface area contributed by atoms with Crippen LogP contribution >= 0.6 is 11.6 Å². The van der Waals surface area contributed by atoms with Crippen molar-refractivity contribution in [1.29, 1.82) is 0 Å². The first-order chi connectivity index (χ1) is 10.0. The molecule has 0 atom stereocenters. The van der Waals surface area contributed by atoms with Gasteiger partial charge in [0.2, 0.25) is 5.89 Å². The minimum Gasteiger partial charge on any atom is -0.436 e. The van der Waals surface area contributed by atoms with E-state index in [0.29, 0.717) is 22.1 Å². The van der Waals surface area contributed by atoms with Gasteiger partial charge in [-0.2, -0.15) is 0 Å². The van der Waals surface area contributed by atoms with Crippen LogP contribution in [0.2, 0.25) is 5.02 Å². The van der Waals surface area contributed by atoms with Gasteiger partial charge in [0.25, 0.3) is 5.91 Å². The molecule has 0 aliphatic rings. The van der Waals surface area contributed by atoms with Crippen molar-refractivity contribution in [3.8, 4) is 11.5 Å². The Balaban J connectivity index is 1.97. The molecule has 0 saturated heterocycles. The Labute approximate surface area is 127 Å². The van der Waals surface area contributed by atoms with E-state index in [2.05, 4.69) is 4.98 Å². The predicted octanol–water partition coefficient (Wildman–Crippen LogP) is 3.85. The summed E-state index contributed by atoms with van der Waals surface area (Å²) in [5.41, 5.74) is 2.84. The van der Waals surface area contributed by atoms with Crippen LogP contribution in [0.15, 0.2) is 46.9 Å². The molecule has 0 radical (unpaired) electrons. The largest absolute Gasteiger partial charge is 0.436 e. The lowest BCUT2D eigenvalue weighted by molar-refractivity contribution is 0.0827. The highest BCUT2D eigenvalue weighted by atomic mass is 35.5. The normalized spacial score (nSPS) is 10.8. The van der Waals surface area contributed by atoms with E-state index in [1.54, 1.807) is 38.4 Å². The smallest absolute Gasteiger partial charge is 0.253 e. The summed E-state index contributed by atoms with van der Waals surface area (Å²) in [6.45, 7) is 0. The minimum absolute atomic E-state index is 0.0362. The Hall–Kier alpha value is -2.33. The zero-order chi connectivity index (χ0) is 15.0. The van der Waals surface area contributed by atoms with E-state index in [1.807, 2.05) is 18.2 Å². The van der Waals surface area contributed by atoms with E-state index < -0.39 is 0 Å². The number of halogens is 1. The maximum atomic E-state index is 11.8. The van der Waals surface area contributed by atoms with Crippen molar-refractivity contribution in [3.63, 3.8) is 0 Å². The molecule has 3 rings (SSSR count). The molecule has 0 fully saturated rings. The molecular formula is C16H13ClN2O2. The highest BCUT2D eigenvalue weighted by Crippen LogP contribution is 2.26. The molecule has 0 aliphatic carbocycles. The number of carbonyl (C=O) groups is 1. The second-order valence-electron chi connectivity index (χ2n) is 4.91. The maximum Gasteiger partial charge on any atom is 0.253 e. The number of hydrogen-bond donors (Lipinski definition) is 0. The molecule has 2 aromatic carbocycles. The van der Waals surface area contributed by atoms with Crippen molar-refractivity contribution in [3.05, 3.63) is 53.1 Å². The Bertz CT molecular complexity index is 807. The summed E-state index contributed by atoms with van der Waals surface area (Å²) in [5, 5.41) is 0.608. The van der Waals surface area contributed by atoms with E-state index in [-0.39, 0.29) is 5.91 Å². The second-order valence-corrected chi connectivity index (χ2v) is 5.34. The quantitative estimate of drug-likeness (QED) is 0.722.